The number of nitrogens with zero attached hydrogens (tertiary/aromatic N) is 2. The SMILES string of the molecule is Brc1cccc(C2=C3N=c4cc5nc(-c6ccccc6)sc5cc4=C3CC=C2)c1. The van der Waals surface area contributed by atoms with Gasteiger partial charge in [-0.2, -0.15) is 0 Å². The molecule has 0 radical (unpaired) electrons. The van der Waals surface area contributed by atoms with Crippen molar-refractivity contribution in [1.29, 1.82) is 0 Å². The van der Waals surface area contributed by atoms with Crippen molar-refractivity contribution in [3.63, 3.8) is 0 Å². The van der Waals surface area contributed by atoms with Crippen LogP contribution in [0.1, 0.15) is 12.0 Å². The Balaban J connectivity index is 1.56. The first kappa shape index (κ1) is 17.1. The minimum atomic E-state index is 0.916. The van der Waals surface area contributed by atoms with Crippen LogP contribution < -0.4 is 10.6 Å². The molecule has 1 aliphatic carbocycles. The zero-order valence-electron chi connectivity index (χ0n) is 15.4. The maximum Gasteiger partial charge on any atom is 0.124 e. The number of fused-ring (bicyclic) bond motifs is 3. The Hall–Kier alpha value is -2.82. The topological polar surface area (TPSA) is 25.2 Å². The second kappa shape index (κ2) is 6.61. The van der Waals surface area contributed by atoms with E-state index in [0.717, 1.165) is 38.0 Å². The Morgan fingerprint density at radius 2 is 1.76 bits per heavy atom. The second-order valence-electron chi connectivity index (χ2n) is 7.19. The van der Waals surface area contributed by atoms with E-state index in [9.17, 15) is 0 Å². The van der Waals surface area contributed by atoms with Crippen molar-refractivity contribution in [1.82, 2.24) is 4.98 Å². The monoisotopic (exact) mass is 454 g/mol. The molecule has 1 aliphatic heterocycles. The van der Waals surface area contributed by atoms with E-state index in [1.807, 2.05) is 6.07 Å². The van der Waals surface area contributed by atoms with Gasteiger partial charge in [-0.3, -0.25) is 0 Å². The van der Waals surface area contributed by atoms with Gasteiger partial charge in [-0.1, -0.05) is 70.5 Å². The molecule has 3 aromatic carbocycles. The minimum Gasteiger partial charge on any atom is -0.247 e. The highest BCUT2D eigenvalue weighted by Crippen LogP contribution is 2.35. The quantitative estimate of drug-likeness (QED) is 0.371. The molecule has 138 valence electrons. The van der Waals surface area contributed by atoms with Crippen molar-refractivity contribution < 1.29 is 0 Å². The van der Waals surface area contributed by atoms with E-state index in [2.05, 4.69) is 88.7 Å². The van der Waals surface area contributed by atoms with Gasteiger partial charge in [0.25, 0.3) is 0 Å². The summed E-state index contributed by atoms with van der Waals surface area (Å²) in [4.78, 5) is 9.91. The van der Waals surface area contributed by atoms with Crippen LogP contribution in [0.2, 0.25) is 0 Å². The molecular weight excluding hydrogens is 440 g/mol. The van der Waals surface area contributed by atoms with Gasteiger partial charge in [0.1, 0.15) is 5.01 Å². The molecule has 0 atom stereocenters. The van der Waals surface area contributed by atoms with Crippen molar-refractivity contribution in [3.05, 3.63) is 105 Å². The zero-order chi connectivity index (χ0) is 19.4. The first-order valence-corrected chi connectivity index (χ1v) is 11.1. The van der Waals surface area contributed by atoms with Gasteiger partial charge in [0, 0.05) is 20.8 Å². The van der Waals surface area contributed by atoms with Gasteiger partial charge in [0.2, 0.25) is 0 Å². The van der Waals surface area contributed by atoms with E-state index in [-0.39, 0.29) is 0 Å². The van der Waals surface area contributed by atoms with Gasteiger partial charge in [0.05, 0.1) is 21.3 Å². The van der Waals surface area contributed by atoms with Crippen LogP contribution in [0.3, 0.4) is 0 Å². The van der Waals surface area contributed by atoms with Gasteiger partial charge in [-0.25, -0.2) is 9.98 Å². The van der Waals surface area contributed by atoms with E-state index in [1.54, 1.807) is 11.3 Å². The van der Waals surface area contributed by atoms with E-state index < -0.39 is 0 Å². The largest absolute Gasteiger partial charge is 0.247 e. The van der Waals surface area contributed by atoms with Crippen LogP contribution in [0.15, 0.2) is 94.0 Å². The van der Waals surface area contributed by atoms with Gasteiger partial charge in [-0.05, 0) is 41.8 Å². The lowest BCUT2D eigenvalue weighted by Crippen LogP contribution is -2.22. The third kappa shape index (κ3) is 2.83. The average molecular weight is 455 g/mol. The Morgan fingerprint density at radius 3 is 2.62 bits per heavy atom. The molecule has 0 amide bonds. The number of rotatable bonds is 2. The van der Waals surface area contributed by atoms with Crippen molar-refractivity contribution in [2.45, 2.75) is 6.42 Å². The molecule has 0 N–H and O–H groups in total. The normalized spacial score (nSPS) is 14.9. The van der Waals surface area contributed by atoms with Crippen molar-refractivity contribution in [3.8, 4) is 10.6 Å². The highest BCUT2D eigenvalue weighted by Gasteiger charge is 2.21. The van der Waals surface area contributed by atoms with Crippen molar-refractivity contribution >= 4 is 48.6 Å². The average Bonchev–Trinajstić information content (AvgIpc) is 3.33. The molecule has 0 unspecified atom stereocenters. The Bertz CT molecular complexity index is 1480. The molecule has 2 aliphatic rings. The van der Waals surface area contributed by atoms with Gasteiger partial charge < -0.3 is 0 Å². The van der Waals surface area contributed by atoms with Crippen LogP contribution >= 0.6 is 27.3 Å². The molecule has 0 saturated heterocycles. The van der Waals surface area contributed by atoms with Crippen LogP contribution in [0, 0.1) is 0 Å². The summed E-state index contributed by atoms with van der Waals surface area (Å²) in [5, 5.41) is 3.33. The van der Waals surface area contributed by atoms with Crippen LogP contribution in [-0.4, -0.2) is 4.98 Å². The third-order valence-electron chi connectivity index (χ3n) is 5.37. The van der Waals surface area contributed by atoms with E-state index in [4.69, 9.17) is 9.98 Å². The molecule has 29 heavy (non-hydrogen) atoms. The second-order valence-corrected chi connectivity index (χ2v) is 9.14. The molecule has 2 nitrogen and oxygen atoms in total. The molecule has 0 fully saturated rings. The fourth-order valence-corrected chi connectivity index (χ4v) is 5.40. The standard InChI is InChI=1S/C25H15BrN2S/c26-17-9-4-8-16(12-17)18-10-5-11-19-20-13-23-22(14-21(20)27-24(18)19)28-25(29-23)15-6-2-1-3-7-15/h1-10,12-14H,11H2. The molecule has 0 saturated carbocycles. The Labute approximate surface area is 180 Å². The lowest BCUT2D eigenvalue weighted by molar-refractivity contribution is 1.28. The van der Waals surface area contributed by atoms with E-state index in [1.165, 1.54) is 26.6 Å². The third-order valence-corrected chi connectivity index (χ3v) is 6.93. The van der Waals surface area contributed by atoms with Crippen molar-refractivity contribution in [2.24, 2.45) is 4.99 Å². The first-order valence-electron chi connectivity index (χ1n) is 9.51. The van der Waals surface area contributed by atoms with Crippen LogP contribution in [0.5, 0.6) is 0 Å². The Kier molecular flexibility index (Phi) is 3.89. The van der Waals surface area contributed by atoms with E-state index in [0.29, 0.717) is 0 Å². The summed E-state index contributed by atoms with van der Waals surface area (Å²) >= 11 is 5.34. The molecule has 0 bridgehead atoms. The predicted octanol–water partition coefficient (Wildman–Crippen LogP) is 5.88. The molecule has 0 spiro atoms. The zero-order valence-corrected chi connectivity index (χ0v) is 17.8. The van der Waals surface area contributed by atoms with Gasteiger partial charge in [0.15, 0.2) is 0 Å². The first-order chi connectivity index (χ1) is 14.3. The maximum absolute atomic E-state index is 5.03. The highest BCUT2D eigenvalue weighted by molar-refractivity contribution is 9.10. The lowest BCUT2D eigenvalue weighted by Gasteiger charge is -2.13. The molecule has 1 aromatic heterocycles. The number of halogens is 1. The summed E-state index contributed by atoms with van der Waals surface area (Å²) in [6.45, 7) is 0. The number of aromatic nitrogens is 1. The van der Waals surface area contributed by atoms with E-state index >= 15 is 0 Å². The van der Waals surface area contributed by atoms with Crippen molar-refractivity contribution in [2.75, 3.05) is 0 Å². The maximum atomic E-state index is 5.03. The number of thiazole rings is 1. The number of hydrogen-bond acceptors (Lipinski definition) is 3. The minimum absolute atomic E-state index is 0.916. The summed E-state index contributed by atoms with van der Waals surface area (Å²) < 4.78 is 2.29. The Morgan fingerprint density at radius 1 is 0.897 bits per heavy atom. The van der Waals surface area contributed by atoms with Crippen LogP contribution in [0.4, 0.5) is 0 Å². The number of allylic oxidation sites excluding steroid dienone is 4. The summed E-state index contributed by atoms with van der Waals surface area (Å²) in [7, 11) is 0. The van der Waals surface area contributed by atoms with Crippen LogP contribution in [0.25, 0.3) is 31.9 Å². The lowest BCUT2D eigenvalue weighted by atomic mass is 9.93. The molecule has 6 rings (SSSR count). The highest BCUT2D eigenvalue weighted by atomic mass is 79.9. The summed E-state index contributed by atoms with van der Waals surface area (Å²) in [5.41, 5.74) is 6.97. The smallest absolute Gasteiger partial charge is 0.124 e. The summed E-state index contributed by atoms with van der Waals surface area (Å²) in [5.74, 6) is 0. The van der Waals surface area contributed by atoms with Gasteiger partial charge >= 0.3 is 0 Å². The number of benzene rings is 3. The van der Waals surface area contributed by atoms with Gasteiger partial charge in [-0.15, -0.1) is 11.3 Å². The summed E-state index contributed by atoms with van der Waals surface area (Å²) in [6.07, 6.45) is 5.36. The molecular formula is C25H15BrN2S. The summed E-state index contributed by atoms with van der Waals surface area (Å²) in [6, 6.07) is 23.2. The fourth-order valence-electron chi connectivity index (χ4n) is 4.01. The number of hydrogen-bond donors (Lipinski definition) is 0. The molecule has 4 heteroatoms. The fraction of sp³-hybridized carbons (Fsp3) is 0.0400. The van der Waals surface area contributed by atoms with Crippen LogP contribution in [-0.2, 0) is 0 Å². The predicted molar refractivity (Wildman–Crippen MR) is 124 cm³/mol. The molecule has 2 heterocycles. The molecule has 4 aromatic rings.